The maximum Gasteiger partial charge on any atom is 0.416 e. The van der Waals surface area contributed by atoms with Crippen LogP contribution in [0.2, 0.25) is 0 Å². The Morgan fingerprint density at radius 3 is 2.21 bits per heavy atom. The van der Waals surface area contributed by atoms with Gasteiger partial charge in [-0.05, 0) is 49.2 Å². The van der Waals surface area contributed by atoms with Gasteiger partial charge in [0.25, 0.3) is 5.91 Å². The van der Waals surface area contributed by atoms with Gasteiger partial charge in [0.15, 0.2) is 0 Å². The minimum atomic E-state index is -4.45. The zero-order chi connectivity index (χ0) is 21.6. The summed E-state index contributed by atoms with van der Waals surface area (Å²) in [7, 11) is 0. The number of amides is 2. The molecule has 5 nitrogen and oxygen atoms in total. The molecule has 0 heterocycles. The highest BCUT2D eigenvalue weighted by Crippen LogP contribution is 2.29. The van der Waals surface area contributed by atoms with E-state index in [1.165, 1.54) is 12.1 Å². The van der Waals surface area contributed by atoms with Crippen LogP contribution < -0.4 is 15.4 Å². The number of para-hydroxylation sites is 1. The largest absolute Gasteiger partial charge is 0.493 e. The summed E-state index contributed by atoms with van der Waals surface area (Å²) in [6, 6.07) is 9.89. The van der Waals surface area contributed by atoms with Crippen LogP contribution in [0.4, 0.5) is 18.9 Å². The molecule has 0 saturated carbocycles. The standard InChI is InChI=1S/C21H23F3N2O3/c1-4-29-17-8-6-5-7-16(17)19(27)26-18(13(2)3)20(28)25-15-11-9-14(10-12-15)21(22,23)24/h5-13,18H,4H2,1-3H3,(H,25,28)(H,26,27). The van der Waals surface area contributed by atoms with Crippen molar-refractivity contribution in [1.29, 1.82) is 0 Å². The first kappa shape index (κ1) is 22.3. The zero-order valence-electron chi connectivity index (χ0n) is 16.3. The van der Waals surface area contributed by atoms with Gasteiger partial charge in [0.05, 0.1) is 17.7 Å². The van der Waals surface area contributed by atoms with Crippen molar-refractivity contribution in [1.82, 2.24) is 5.32 Å². The SMILES string of the molecule is CCOc1ccccc1C(=O)NC(C(=O)Nc1ccc(C(F)(F)F)cc1)C(C)C. The fourth-order valence-electron chi connectivity index (χ4n) is 2.65. The van der Waals surface area contributed by atoms with Crippen LogP contribution in [-0.2, 0) is 11.0 Å². The normalized spacial score (nSPS) is 12.4. The second kappa shape index (κ2) is 9.45. The maximum absolute atomic E-state index is 12.7. The molecule has 2 N–H and O–H groups in total. The van der Waals surface area contributed by atoms with Crippen LogP contribution in [0.25, 0.3) is 0 Å². The Morgan fingerprint density at radius 2 is 1.66 bits per heavy atom. The van der Waals surface area contributed by atoms with Crippen molar-refractivity contribution >= 4 is 17.5 Å². The molecule has 2 amide bonds. The van der Waals surface area contributed by atoms with Crippen molar-refractivity contribution < 1.29 is 27.5 Å². The molecule has 29 heavy (non-hydrogen) atoms. The molecule has 0 fully saturated rings. The van der Waals surface area contributed by atoms with Crippen molar-refractivity contribution in [3.05, 3.63) is 59.7 Å². The number of nitrogens with one attached hydrogen (secondary N) is 2. The summed E-state index contributed by atoms with van der Waals surface area (Å²) in [5.41, 5.74) is -0.309. The van der Waals surface area contributed by atoms with Gasteiger partial charge >= 0.3 is 6.18 Å². The van der Waals surface area contributed by atoms with Gasteiger partial charge in [-0.25, -0.2) is 0 Å². The molecule has 0 aromatic heterocycles. The number of ether oxygens (including phenoxy) is 1. The van der Waals surface area contributed by atoms with E-state index in [1.807, 2.05) is 0 Å². The van der Waals surface area contributed by atoms with E-state index in [2.05, 4.69) is 10.6 Å². The highest BCUT2D eigenvalue weighted by atomic mass is 19.4. The summed E-state index contributed by atoms with van der Waals surface area (Å²) in [4.78, 5) is 25.3. The highest BCUT2D eigenvalue weighted by molar-refractivity contribution is 6.02. The lowest BCUT2D eigenvalue weighted by Crippen LogP contribution is -2.47. The summed E-state index contributed by atoms with van der Waals surface area (Å²) in [5, 5.41) is 5.22. The van der Waals surface area contributed by atoms with E-state index in [-0.39, 0.29) is 11.6 Å². The fourth-order valence-corrected chi connectivity index (χ4v) is 2.65. The number of rotatable bonds is 7. The van der Waals surface area contributed by atoms with Crippen LogP contribution in [0.5, 0.6) is 5.75 Å². The van der Waals surface area contributed by atoms with E-state index >= 15 is 0 Å². The fraction of sp³-hybridized carbons (Fsp3) is 0.333. The molecule has 0 aliphatic heterocycles. The summed E-state index contributed by atoms with van der Waals surface area (Å²) < 4.78 is 43.4. The number of hydrogen-bond acceptors (Lipinski definition) is 3. The minimum Gasteiger partial charge on any atom is -0.493 e. The molecule has 0 spiro atoms. The number of anilines is 1. The summed E-state index contributed by atoms with van der Waals surface area (Å²) in [6.07, 6.45) is -4.45. The van der Waals surface area contributed by atoms with E-state index < -0.39 is 29.6 Å². The van der Waals surface area contributed by atoms with Crippen LogP contribution in [0, 0.1) is 5.92 Å². The van der Waals surface area contributed by atoms with Gasteiger partial charge in [0.2, 0.25) is 5.91 Å². The van der Waals surface area contributed by atoms with E-state index in [4.69, 9.17) is 4.74 Å². The van der Waals surface area contributed by atoms with E-state index in [0.29, 0.717) is 17.9 Å². The number of benzene rings is 2. The lowest BCUT2D eigenvalue weighted by Gasteiger charge is -2.22. The van der Waals surface area contributed by atoms with E-state index in [9.17, 15) is 22.8 Å². The second-order valence-corrected chi connectivity index (χ2v) is 6.69. The maximum atomic E-state index is 12.7. The van der Waals surface area contributed by atoms with Crippen LogP contribution in [0.15, 0.2) is 48.5 Å². The van der Waals surface area contributed by atoms with Gasteiger partial charge in [-0.15, -0.1) is 0 Å². The minimum absolute atomic E-state index is 0.206. The van der Waals surface area contributed by atoms with Crippen molar-refractivity contribution in [2.45, 2.75) is 33.0 Å². The smallest absolute Gasteiger partial charge is 0.416 e. The molecule has 2 rings (SSSR count). The number of carbonyl (C=O) groups excluding carboxylic acids is 2. The van der Waals surface area contributed by atoms with Gasteiger partial charge in [-0.3, -0.25) is 9.59 Å². The Balaban J connectivity index is 2.13. The van der Waals surface area contributed by atoms with Gasteiger partial charge in [-0.2, -0.15) is 13.2 Å². The van der Waals surface area contributed by atoms with Crippen molar-refractivity contribution in [3.8, 4) is 5.75 Å². The molecule has 156 valence electrons. The number of carbonyl (C=O) groups is 2. The molecule has 2 aromatic carbocycles. The molecular weight excluding hydrogens is 385 g/mol. The summed E-state index contributed by atoms with van der Waals surface area (Å²) in [5.74, 6) is -0.858. The van der Waals surface area contributed by atoms with Crippen molar-refractivity contribution in [2.75, 3.05) is 11.9 Å². The predicted molar refractivity (Wildman–Crippen MR) is 104 cm³/mol. The van der Waals surface area contributed by atoms with Gasteiger partial charge in [-0.1, -0.05) is 26.0 Å². The Hall–Kier alpha value is -3.03. The zero-order valence-corrected chi connectivity index (χ0v) is 16.3. The van der Waals surface area contributed by atoms with Crippen LogP contribution in [-0.4, -0.2) is 24.5 Å². The van der Waals surface area contributed by atoms with Gasteiger partial charge < -0.3 is 15.4 Å². The number of hydrogen-bond donors (Lipinski definition) is 2. The van der Waals surface area contributed by atoms with E-state index in [0.717, 1.165) is 12.1 Å². The Kier molecular flexibility index (Phi) is 7.25. The summed E-state index contributed by atoms with van der Waals surface area (Å²) in [6.45, 7) is 5.69. The molecule has 2 aromatic rings. The van der Waals surface area contributed by atoms with Crippen LogP contribution in [0.3, 0.4) is 0 Å². The molecule has 0 aliphatic rings. The first-order valence-electron chi connectivity index (χ1n) is 9.14. The quantitative estimate of drug-likeness (QED) is 0.709. The average Bonchev–Trinajstić information content (AvgIpc) is 2.66. The lowest BCUT2D eigenvalue weighted by atomic mass is 10.0. The third-order valence-corrected chi connectivity index (χ3v) is 4.15. The molecule has 0 saturated heterocycles. The topological polar surface area (TPSA) is 67.4 Å². The molecule has 8 heteroatoms. The molecule has 1 atom stereocenters. The molecular formula is C21H23F3N2O3. The first-order chi connectivity index (χ1) is 13.6. The van der Waals surface area contributed by atoms with Gasteiger partial charge in [0.1, 0.15) is 11.8 Å². The summed E-state index contributed by atoms with van der Waals surface area (Å²) >= 11 is 0. The van der Waals surface area contributed by atoms with Crippen LogP contribution in [0.1, 0.15) is 36.7 Å². The lowest BCUT2D eigenvalue weighted by molar-refractivity contribution is -0.137. The number of halogens is 3. The van der Waals surface area contributed by atoms with E-state index in [1.54, 1.807) is 45.0 Å². The average molecular weight is 408 g/mol. The predicted octanol–water partition coefficient (Wildman–Crippen LogP) is 4.50. The third kappa shape index (κ3) is 5.97. The monoisotopic (exact) mass is 408 g/mol. The Bertz CT molecular complexity index is 849. The molecule has 0 radical (unpaired) electrons. The molecule has 0 bridgehead atoms. The van der Waals surface area contributed by atoms with Crippen molar-refractivity contribution in [2.24, 2.45) is 5.92 Å². The van der Waals surface area contributed by atoms with Gasteiger partial charge in [0, 0.05) is 5.69 Å². The number of alkyl halides is 3. The highest BCUT2D eigenvalue weighted by Gasteiger charge is 2.30. The molecule has 1 unspecified atom stereocenters. The van der Waals surface area contributed by atoms with Crippen LogP contribution >= 0.6 is 0 Å². The third-order valence-electron chi connectivity index (χ3n) is 4.15. The first-order valence-corrected chi connectivity index (χ1v) is 9.14. The second-order valence-electron chi connectivity index (χ2n) is 6.69. The Morgan fingerprint density at radius 1 is 1.03 bits per heavy atom. The Labute approximate surface area is 167 Å². The molecule has 0 aliphatic carbocycles. The van der Waals surface area contributed by atoms with Crippen molar-refractivity contribution in [3.63, 3.8) is 0 Å².